The van der Waals surface area contributed by atoms with E-state index < -0.39 is 11.6 Å². The van der Waals surface area contributed by atoms with E-state index in [0.717, 1.165) is 0 Å². The van der Waals surface area contributed by atoms with Crippen LogP contribution in [0.1, 0.15) is 27.2 Å². The molecule has 0 aliphatic carbocycles. The summed E-state index contributed by atoms with van der Waals surface area (Å²) in [6.07, 6.45) is 0.00978. The van der Waals surface area contributed by atoms with Crippen LogP contribution in [0, 0.1) is 5.92 Å². The zero-order valence-corrected chi connectivity index (χ0v) is 13.1. The summed E-state index contributed by atoms with van der Waals surface area (Å²) < 4.78 is 5.65. The Labute approximate surface area is 129 Å². The molecule has 0 aliphatic rings. The molecule has 0 saturated carbocycles. The van der Waals surface area contributed by atoms with Crippen LogP contribution in [0.4, 0.5) is 0 Å². The maximum absolute atomic E-state index is 12.1. The molecule has 5 nitrogen and oxygen atoms in total. The molecular weight excluding hydrogens is 294 g/mol. The maximum Gasteiger partial charge on any atom is 0.303 e. The minimum absolute atomic E-state index is 0.00978. The number of aliphatic carboxylic acids is 1. The molecular formula is C15H20ClNO4. The zero-order valence-electron chi connectivity index (χ0n) is 12.4. The molecule has 21 heavy (non-hydrogen) atoms. The molecule has 1 aromatic carbocycles. The van der Waals surface area contributed by atoms with Crippen LogP contribution < -0.4 is 10.1 Å². The third-order valence-corrected chi connectivity index (χ3v) is 3.09. The van der Waals surface area contributed by atoms with Gasteiger partial charge in [-0.3, -0.25) is 9.59 Å². The van der Waals surface area contributed by atoms with Gasteiger partial charge >= 0.3 is 5.97 Å². The van der Waals surface area contributed by atoms with Gasteiger partial charge in [0, 0.05) is 18.0 Å². The molecule has 1 aromatic rings. The third kappa shape index (κ3) is 6.04. The molecule has 1 atom stereocenters. The van der Waals surface area contributed by atoms with Gasteiger partial charge in [0.25, 0.3) is 5.91 Å². The number of hydrogen-bond donors (Lipinski definition) is 2. The van der Waals surface area contributed by atoms with Crippen molar-refractivity contribution in [2.45, 2.75) is 32.8 Å². The first-order valence-electron chi connectivity index (χ1n) is 6.65. The van der Waals surface area contributed by atoms with Gasteiger partial charge in [0.2, 0.25) is 0 Å². The van der Waals surface area contributed by atoms with E-state index in [9.17, 15) is 9.59 Å². The summed E-state index contributed by atoms with van der Waals surface area (Å²) in [7, 11) is 0. The molecule has 0 bridgehead atoms. The van der Waals surface area contributed by atoms with Crippen LogP contribution in [-0.2, 0) is 9.59 Å². The largest absolute Gasteiger partial charge is 0.481 e. The first-order valence-corrected chi connectivity index (χ1v) is 7.03. The van der Waals surface area contributed by atoms with Crippen molar-refractivity contribution in [1.82, 2.24) is 5.32 Å². The molecule has 6 heteroatoms. The van der Waals surface area contributed by atoms with Gasteiger partial charge in [0.05, 0.1) is 0 Å². The Morgan fingerprint density at radius 3 is 2.67 bits per heavy atom. The fraction of sp³-hybridized carbons (Fsp3) is 0.467. The highest BCUT2D eigenvalue weighted by Crippen LogP contribution is 2.22. The van der Waals surface area contributed by atoms with Crippen molar-refractivity contribution in [3.05, 3.63) is 29.3 Å². The standard InChI is InChI=1S/C15H20ClNO4/c1-10(7-13(18)19)9-17-14(20)15(2,3)21-12-6-4-5-11(16)8-12/h4-6,8,10H,7,9H2,1-3H3,(H,17,20)(H,18,19). The first kappa shape index (κ1) is 17.3. The van der Waals surface area contributed by atoms with Crippen molar-refractivity contribution in [2.24, 2.45) is 5.92 Å². The van der Waals surface area contributed by atoms with Crippen molar-refractivity contribution < 1.29 is 19.4 Å². The van der Waals surface area contributed by atoms with Gasteiger partial charge in [0.1, 0.15) is 5.75 Å². The van der Waals surface area contributed by atoms with E-state index in [2.05, 4.69) is 5.32 Å². The summed E-state index contributed by atoms with van der Waals surface area (Å²) in [6.45, 7) is 5.34. The number of ether oxygens (including phenoxy) is 1. The lowest BCUT2D eigenvalue weighted by Crippen LogP contribution is -2.47. The minimum atomic E-state index is -1.08. The molecule has 116 valence electrons. The molecule has 0 saturated heterocycles. The van der Waals surface area contributed by atoms with E-state index in [-0.39, 0.29) is 24.8 Å². The average Bonchev–Trinajstić information content (AvgIpc) is 2.34. The van der Waals surface area contributed by atoms with Gasteiger partial charge in [-0.15, -0.1) is 0 Å². The Bertz CT molecular complexity index is 516. The molecule has 0 aliphatic heterocycles. The van der Waals surface area contributed by atoms with Crippen LogP contribution in [0.3, 0.4) is 0 Å². The number of amides is 1. The summed E-state index contributed by atoms with van der Waals surface area (Å²) >= 11 is 5.87. The predicted molar refractivity (Wildman–Crippen MR) is 80.6 cm³/mol. The number of carbonyl (C=O) groups is 2. The van der Waals surface area contributed by atoms with Gasteiger partial charge < -0.3 is 15.2 Å². The van der Waals surface area contributed by atoms with Gasteiger partial charge in [-0.2, -0.15) is 0 Å². The third-order valence-electron chi connectivity index (χ3n) is 2.85. The molecule has 2 N–H and O–H groups in total. The van der Waals surface area contributed by atoms with Crippen LogP contribution >= 0.6 is 11.6 Å². The van der Waals surface area contributed by atoms with Crippen LogP contribution in [0.2, 0.25) is 5.02 Å². The SMILES string of the molecule is CC(CNC(=O)C(C)(C)Oc1cccc(Cl)c1)CC(=O)O. The molecule has 1 amide bonds. The van der Waals surface area contributed by atoms with Gasteiger partial charge in [-0.05, 0) is 38.0 Å². The Kier molecular flexibility index (Phi) is 6.03. The highest BCUT2D eigenvalue weighted by molar-refractivity contribution is 6.30. The molecule has 1 rings (SSSR count). The normalized spacial score (nSPS) is 12.6. The predicted octanol–water partition coefficient (Wildman–Crippen LogP) is 2.72. The van der Waals surface area contributed by atoms with Gasteiger partial charge in [0.15, 0.2) is 5.60 Å². The summed E-state index contributed by atoms with van der Waals surface area (Å²) in [6, 6.07) is 6.80. The second kappa shape index (κ2) is 7.31. The Hall–Kier alpha value is -1.75. The first-order chi connectivity index (χ1) is 9.70. The van der Waals surface area contributed by atoms with Crippen molar-refractivity contribution in [3.8, 4) is 5.75 Å². The minimum Gasteiger partial charge on any atom is -0.481 e. The average molecular weight is 314 g/mol. The number of hydrogen-bond acceptors (Lipinski definition) is 3. The number of carboxylic acid groups (broad SMARTS) is 1. The van der Waals surface area contributed by atoms with Crippen LogP contribution in [0.25, 0.3) is 0 Å². The monoisotopic (exact) mass is 313 g/mol. The van der Waals surface area contributed by atoms with Crippen molar-refractivity contribution >= 4 is 23.5 Å². The van der Waals surface area contributed by atoms with Gasteiger partial charge in [-0.25, -0.2) is 0 Å². The van der Waals surface area contributed by atoms with Crippen LogP contribution in [0.15, 0.2) is 24.3 Å². The van der Waals surface area contributed by atoms with Gasteiger partial charge in [-0.1, -0.05) is 24.6 Å². The Morgan fingerprint density at radius 1 is 1.43 bits per heavy atom. The van der Waals surface area contributed by atoms with Crippen molar-refractivity contribution in [3.63, 3.8) is 0 Å². The van der Waals surface area contributed by atoms with Crippen molar-refractivity contribution in [1.29, 1.82) is 0 Å². The zero-order chi connectivity index (χ0) is 16.0. The van der Waals surface area contributed by atoms with E-state index in [1.807, 2.05) is 0 Å². The van der Waals surface area contributed by atoms with E-state index in [0.29, 0.717) is 10.8 Å². The summed E-state index contributed by atoms with van der Waals surface area (Å²) in [5.41, 5.74) is -1.08. The lowest BCUT2D eigenvalue weighted by atomic mass is 10.1. The number of nitrogens with one attached hydrogen (secondary N) is 1. The quantitative estimate of drug-likeness (QED) is 0.811. The molecule has 0 radical (unpaired) electrons. The Morgan fingerprint density at radius 2 is 2.10 bits per heavy atom. The highest BCUT2D eigenvalue weighted by atomic mass is 35.5. The van der Waals surface area contributed by atoms with Crippen molar-refractivity contribution in [2.75, 3.05) is 6.54 Å². The lowest BCUT2D eigenvalue weighted by molar-refractivity contribution is -0.139. The fourth-order valence-electron chi connectivity index (χ4n) is 1.72. The summed E-state index contributed by atoms with van der Waals surface area (Å²) in [5, 5.41) is 11.9. The van der Waals surface area contributed by atoms with E-state index in [1.54, 1.807) is 45.0 Å². The number of halogens is 1. The van der Waals surface area contributed by atoms with Crippen LogP contribution in [-0.4, -0.2) is 29.1 Å². The topological polar surface area (TPSA) is 75.6 Å². The second-order valence-electron chi connectivity index (χ2n) is 5.48. The van der Waals surface area contributed by atoms with Crippen LogP contribution in [0.5, 0.6) is 5.75 Å². The van der Waals surface area contributed by atoms with E-state index in [1.165, 1.54) is 0 Å². The number of rotatable bonds is 7. The lowest BCUT2D eigenvalue weighted by Gasteiger charge is -2.26. The maximum atomic E-state index is 12.1. The second-order valence-corrected chi connectivity index (χ2v) is 5.92. The number of benzene rings is 1. The smallest absolute Gasteiger partial charge is 0.303 e. The molecule has 0 fully saturated rings. The number of carboxylic acids is 1. The number of carbonyl (C=O) groups excluding carboxylic acids is 1. The highest BCUT2D eigenvalue weighted by Gasteiger charge is 2.30. The molecule has 0 spiro atoms. The van der Waals surface area contributed by atoms with E-state index in [4.69, 9.17) is 21.4 Å². The molecule has 0 heterocycles. The summed E-state index contributed by atoms with van der Waals surface area (Å²) in [5.74, 6) is -0.833. The van der Waals surface area contributed by atoms with E-state index >= 15 is 0 Å². The fourth-order valence-corrected chi connectivity index (χ4v) is 1.90. The summed E-state index contributed by atoms with van der Waals surface area (Å²) in [4.78, 5) is 22.7. The molecule has 1 unspecified atom stereocenters. The molecule has 0 aromatic heterocycles. The Balaban J connectivity index is 2.57.